The fourth-order valence-corrected chi connectivity index (χ4v) is 1.40. The molecule has 0 saturated carbocycles. The molecule has 1 N–H and O–H groups in total. The Hall–Kier alpha value is -1.69. The van der Waals surface area contributed by atoms with Gasteiger partial charge in [0.15, 0.2) is 0 Å². The topological polar surface area (TPSA) is 64.4 Å². The predicted octanol–water partition coefficient (Wildman–Crippen LogP) is 2.57. The van der Waals surface area contributed by atoms with Crippen molar-refractivity contribution < 1.29 is 14.1 Å². The van der Waals surface area contributed by atoms with Gasteiger partial charge >= 0.3 is 0 Å². The molecule has 5 nitrogen and oxygen atoms in total. The van der Waals surface area contributed by atoms with Gasteiger partial charge in [0.2, 0.25) is 0 Å². The van der Waals surface area contributed by atoms with E-state index in [1.165, 1.54) is 12.1 Å². The summed E-state index contributed by atoms with van der Waals surface area (Å²) >= 11 is 0. The fraction of sp³-hybridized carbons (Fsp3) is 0.455. The van der Waals surface area contributed by atoms with Gasteiger partial charge in [0, 0.05) is 20.3 Å². The van der Waals surface area contributed by atoms with Gasteiger partial charge in [0.1, 0.15) is 11.5 Å². The van der Waals surface area contributed by atoms with E-state index in [1.54, 1.807) is 7.11 Å². The van der Waals surface area contributed by atoms with E-state index in [2.05, 4.69) is 5.32 Å². The molecule has 0 fully saturated rings. The van der Waals surface area contributed by atoms with Crippen molar-refractivity contribution in [1.29, 1.82) is 0 Å². The number of nitrogens with one attached hydrogen (secondary N) is 1. The molecule has 0 aliphatic rings. The van der Waals surface area contributed by atoms with Crippen LogP contribution in [-0.2, 0) is 4.74 Å². The Bertz CT molecular complexity index is 385. The molecule has 1 aromatic rings. The highest BCUT2D eigenvalue weighted by molar-refractivity contribution is 5.61. The molecule has 17 heavy (non-hydrogen) atoms. The number of unbranched alkanes of at least 4 members (excludes halogenated alkanes) is 1. The molecule has 0 saturated heterocycles. The number of ether oxygens (including phenoxy) is 1. The number of anilines is 1. The minimum atomic E-state index is -0.610. The lowest BCUT2D eigenvalue weighted by atomic mass is 10.2. The van der Waals surface area contributed by atoms with Gasteiger partial charge in [-0.2, -0.15) is 0 Å². The third-order valence-electron chi connectivity index (χ3n) is 2.25. The summed E-state index contributed by atoms with van der Waals surface area (Å²) in [5.41, 5.74) is 0.102. The largest absolute Gasteiger partial charge is 0.385 e. The van der Waals surface area contributed by atoms with Crippen molar-refractivity contribution in [1.82, 2.24) is 0 Å². The average Bonchev–Trinajstić information content (AvgIpc) is 2.30. The second kappa shape index (κ2) is 6.80. The molecule has 1 aromatic carbocycles. The van der Waals surface area contributed by atoms with E-state index in [1.807, 2.05) is 0 Å². The van der Waals surface area contributed by atoms with Crippen LogP contribution in [0.25, 0.3) is 0 Å². The molecular formula is C11H15FN2O3. The Morgan fingerprint density at radius 2 is 2.24 bits per heavy atom. The number of hydrogen-bond acceptors (Lipinski definition) is 4. The number of methoxy groups -OCH3 is 1. The Kier molecular flexibility index (Phi) is 5.35. The minimum absolute atomic E-state index is 0.239. The summed E-state index contributed by atoms with van der Waals surface area (Å²) in [5.74, 6) is -0.610. The van der Waals surface area contributed by atoms with Crippen LogP contribution >= 0.6 is 0 Å². The van der Waals surface area contributed by atoms with Crippen molar-refractivity contribution in [2.24, 2.45) is 0 Å². The van der Waals surface area contributed by atoms with E-state index in [4.69, 9.17) is 4.74 Å². The van der Waals surface area contributed by atoms with Crippen LogP contribution in [0.2, 0.25) is 0 Å². The lowest BCUT2D eigenvalue weighted by molar-refractivity contribution is -0.384. The van der Waals surface area contributed by atoms with E-state index in [0.29, 0.717) is 18.8 Å². The number of rotatable bonds is 7. The van der Waals surface area contributed by atoms with Crippen LogP contribution in [0.4, 0.5) is 15.8 Å². The molecule has 0 unspecified atom stereocenters. The molecule has 0 aromatic heterocycles. The molecule has 0 radical (unpaired) electrons. The summed E-state index contributed by atoms with van der Waals surface area (Å²) in [6.07, 6.45) is 1.71. The fourth-order valence-electron chi connectivity index (χ4n) is 1.40. The smallest absolute Gasteiger partial charge is 0.295 e. The molecule has 0 aliphatic carbocycles. The monoisotopic (exact) mass is 242 g/mol. The lowest BCUT2D eigenvalue weighted by Crippen LogP contribution is -2.05. The minimum Gasteiger partial charge on any atom is -0.385 e. The summed E-state index contributed by atoms with van der Waals surface area (Å²) in [5, 5.41) is 13.6. The van der Waals surface area contributed by atoms with E-state index in [9.17, 15) is 14.5 Å². The number of nitro benzene ring substituents is 1. The number of nitro groups is 1. The van der Waals surface area contributed by atoms with Gasteiger partial charge in [0.25, 0.3) is 5.69 Å². The molecule has 0 spiro atoms. The van der Waals surface area contributed by atoms with Crippen LogP contribution in [0.3, 0.4) is 0 Å². The third kappa shape index (κ3) is 4.36. The first-order valence-electron chi connectivity index (χ1n) is 5.32. The molecule has 94 valence electrons. The maximum absolute atomic E-state index is 12.8. The van der Waals surface area contributed by atoms with Crippen molar-refractivity contribution in [2.45, 2.75) is 12.8 Å². The Labute approximate surface area is 98.7 Å². The molecule has 0 bridgehead atoms. The van der Waals surface area contributed by atoms with Crippen LogP contribution in [-0.4, -0.2) is 25.2 Å². The maximum Gasteiger partial charge on any atom is 0.295 e. The van der Waals surface area contributed by atoms with Crippen LogP contribution in [0.15, 0.2) is 18.2 Å². The molecule has 0 heterocycles. The van der Waals surface area contributed by atoms with Gasteiger partial charge in [-0.1, -0.05) is 0 Å². The molecule has 0 amide bonds. The van der Waals surface area contributed by atoms with Crippen LogP contribution in [0, 0.1) is 15.9 Å². The quantitative estimate of drug-likeness (QED) is 0.453. The molecular weight excluding hydrogens is 227 g/mol. The van der Waals surface area contributed by atoms with Crippen LogP contribution < -0.4 is 5.32 Å². The number of nitrogens with zero attached hydrogens (tertiary/aromatic N) is 1. The first-order chi connectivity index (χ1) is 8.15. The second-order valence-electron chi connectivity index (χ2n) is 3.55. The van der Waals surface area contributed by atoms with Crippen molar-refractivity contribution in [2.75, 3.05) is 25.6 Å². The number of benzene rings is 1. The Morgan fingerprint density at radius 1 is 1.47 bits per heavy atom. The van der Waals surface area contributed by atoms with Gasteiger partial charge in [0.05, 0.1) is 11.0 Å². The van der Waals surface area contributed by atoms with E-state index >= 15 is 0 Å². The van der Waals surface area contributed by atoms with Gasteiger partial charge in [-0.05, 0) is 25.0 Å². The molecule has 1 rings (SSSR count). The first kappa shape index (κ1) is 13.4. The van der Waals surface area contributed by atoms with Crippen molar-refractivity contribution in [3.8, 4) is 0 Å². The normalized spacial score (nSPS) is 10.2. The highest BCUT2D eigenvalue weighted by Gasteiger charge is 2.13. The van der Waals surface area contributed by atoms with E-state index in [-0.39, 0.29) is 5.69 Å². The zero-order valence-corrected chi connectivity index (χ0v) is 9.61. The zero-order chi connectivity index (χ0) is 12.7. The summed E-state index contributed by atoms with van der Waals surface area (Å²) in [7, 11) is 1.62. The Balaban J connectivity index is 2.55. The predicted molar refractivity (Wildman–Crippen MR) is 62.7 cm³/mol. The van der Waals surface area contributed by atoms with Gasteiger partial charge in [-0.3, -0.25) is 10.1 Å². The standard InChI is InChI=1S/C11H15FN2O3/c1-17-7-3-2-6-13-10-5-4-9(12)8-11(10)14(15)16/h4-5,8,13H,2-3,6-7H2,1H3. The van der Waals surface area contributed by atoms with Crippen LogP contribution in [0.5, 0.6) is 0 Å². The first-order valence-corrected chi connectivity index (χ1v) is 5.32. The Morgan fingerprint density at radius 3 is 2.88 bits per heavy atom. The summed E-state index contributed by atoms with van der Waals surface area (Å²) in [6, 6.07) is 3.49. The van der Waals surface area contributed by atoms with Gasteiger partial charge in [-0.25, -0.2) is 4.39 Å². The summed E-state index contributed by atoms with van der Waals surface area (Å²) < 4.78 is 17.7. The van der Waals surface area contributed by atoms with E-state index < -0.39 is 10.7 Å². The van der Waals surface area contributed by atoms with Gasteiger partial charge < -0.3 is 10.1 Å². The van der Waals surface area contributed by atoms with Crippen molar-refractivity contribution in [3.63, 3.8) is 0 Å². The molecule has 0 atom stereocenters. The molecule has 0 aliphatic heterocycles. The van der Waals surface area contributed by atoms with Crippen LogP contribution in [0.1, 0.15) is 12.8 Å². The van der Waals surface area contributed by atoms with Crippen molar-refractivity contribution in [3.05, 3.63) is 34.1 Å². The zero-order valence-electron chi connectivity index (χ0n) is 9.61. The van der Waals surface area contributed by atoms with Gasteiger partial charge in [-0.15, -0.1) is 0 Å². The maximum atomic E-state index is 12.8. The lowest BCUT2D eigenvalue weighted by Gasteiger charge is -2.06. The third-order valence-corrected chi connectivity index (χ3v) is 2.25. The SMILES string of the molecule is COCCCCNc1ccc(F)cc1[N+](=O)[O-]. The highest BCUT2D eigenvalue weighted by Crippen LogP contribution is 2.24. The van der Waals surface area contributed by atoms with Crippen molar-refractivity contribution >= 4 is 11.4 Å². The highest BCUT2D eigenvalue weighted by atomic mass is 19.1. The average molecular weight is 242 g/mol. The number of hydrogen-bond donors (Lipinski definition) is 1. The second-order valence-corrected chi connectivity index (χ2v) is 3.55. The molecule has 6 heteroatoms. The number of halogens is 1. The van der Waals surface area contributed by atoms with E-state index in [0.717, 1.165) is 18.9 Å². The summed E-state index contributed by atoms with van der Waals surface area (Å²) in [4.78, 5) is 10.1. The summed E-state index contributed by atoms with van der Waals surface area (Å²) in [6.45, 7) is 1.25.